The van der Waals surface area contributed by atoms with Gasteiger partial charge in [0.25, 0.3) is 0 Å². The number of hydrogen-bond donors (Lipinski definition) is 0. The quantitative estimate of drug-likeness (QED) is 0.421. The maximum atomic E-state index is 12.4. The number of ether oxygens (including phenoxy) is 1. The summed E-state index contributed by atoms with van der Waals surface area (Å²) < 4.78 is 5.51. The first-order chi connectivity index (χ1) is 11.5. The summed E-state index contributed by atoms with van der Waals surface area (Å²) in [5.41, 5.74) is 2.03. The average molecular weight is 345 g/mol. The van der Waals surface area contributed by atoms with Crippen LogP contribution in [-0.2, 0) is 0 Å². The second kappa shape index (κ2) is 8.50. The Bertz CT molecular complexity index is 730. The molecule has 2 aromatic rings. The Morgan fingerprint density at radius 3 is 2.67 bits per heavy atom. The smallest absolute Gasteiger partial charge is 0.200 e. The van der Waals surface area contributed by atoms with Gasteiger partial charge in [0.15, 0.2) is 6.61 Å². The van der Waals surface area contributed by atoms with Crippen molar-refractivity contribution in [1.82, 2.24) is 4.90 Å². The molecule has 0 saturated carbocycles. The predicted molar refractivity (Wildman–Crippen MR) is 98.9 cm³/mol. The van der Waals surface area contributed by atoms with Gasteiger partial charge in [0, 0.05) is 19.2 Å². The molecule has 0 atom stereocenters. The molecular formula is C19H21ClN2O2. The normalized spacial score (nSPS) is 10.8. The van der Waals surface area contributed by atoms with E-state index in [4.69, 9.17) is 16.3 Å². The summed E-state index contributed by atoms with van der Waals surface area (Å²) in [6, 6.07) is 12.7. The SMILES string of the molecule is CCN(C)C=Nc1cc(C)c(C(=O)COc2ccccc2)cc1Cl. The Kier molecular flexibility index (Phi) is 6.38. The molecule has 0 aliphatic heterocycles. The van der Waals surface area contributed by atoms with E-state index in [2.05, 4.69) is 4.99 Å². The van der Waals surface area contributed by atoms with Crippen molar-refractivity contribution in [3.63, 3.8) is 0 Å². The number of benzene rings is 2. The lowest BCUT2D eigenvalue weighted by atomic mass is 10.0. The number of halogens is 1. The zero-order valence-electron chi connectivity index (χ0n) is 14.1. The van der Waals surface area contributed by atoms with Gasteiger partial charge in [-0.1, -0.05) is 29.8 Å². The molecule has 0 aliphatic carbocycles. The van der Waals surface area contributed by atoms with Gasteiger partial charge < -0.3 is 9.64 Å². The number of hydrogen-bond acceptors (Lipinski definition) is 3. The molecule has 0 aromatic heterocycles. The minimum absolute atomic E-state index is 0.0254. The lowest BCUT2D eigenvalue weighted by Gasteiger charge is -2.11. The number of carbonyl (C=O) groups excluding carboxylic acids is 1. The highest BCUT2D eigenvalue weighted by molar-refractivity contribution is 6.33. The van der Waals surface area contributed by atoms with Gasteiger partial charge in [-0.3, -0.25) is 4.79 Å². The van der Waals surface area contributed by atoms with Crippen molar-refractivity contribution in [2.24, 2.45) is 4.99 Å². The molecule has 0 bridgehead atoms. The monoisotopic (exact) mass is 344 g/mol. The third-order valence-electron chi connectivity index (χ3n) is 3.60. The molecule has 0 aliphatic rings. The maximum Gasteiger partial charge on any atom is 0.200 e. The molecule has 5 heteroatoms. The number of carbonyl (C=O) groups is 1. The highest BCUT2D eigenvalue weighted by atomic mass is 35.5. The second-order valence-electron chi connectivity index (χ2n) is 5.46. The fraction of sp³-hybridized carbons (Fsp3) is 0.263. The first-order valence-corrected chi connectivity index (χ1v) is 8.14. The van der Waals surface area contributed by atoms with Crippen LogP contribution in [0.3, 0.4) is 0 Å². The molecule has 24 heavy (non-hydrogen) atoms. The molecule has 0 spiro atoms. The first kappa shape index (κ1) is 18.0. The number of para-hydroxylation sites is 1. The van der Waals surface area contributed by atoms with Crippen molar-refractivity contribution in [3.8, 4) is 5.75 Å². The van der Waals surface area contributed by atoms with E-state index < -0.39 is 0 Å². The number of aliphatic imine (C=N–C) groups is 1. The molecular weight excluding hydrogens is 324 g/mol. The molecule has 0 amide bonds. The van der Waals surface area contributed by atoms with Gasteiger partial charge in [0.05, 0.1) is 17.0 Å². The lowest BCUT2D eigenvalue weighted by Crippen LogP contribution is -2.14. The van der Waals surface area contributed by atoms with Crippen LogP contribution in [0, 0.1) is 6.92 Å². The minimum Gasteiger partial charge on any atom is -0.485 e. The number of ketones is 1. The summed E-state index contributed by atoms with van der Waals surface area (Å²) >= 11 is 6.26. The molecule has 126 valence electrons. The van der Waals surface area contributed by atoms with Gasteiger partial charge in [-0.2, -0.15) is 0 Å². The lowest BCUT2D eigenvalue weighted by molar-refractivity contribution is 0.0921. The van der Waals surface area contributed by atoms with Crippen LogP contribution in [0.1, 0.15) is 22.8 Å². The Hall–Kier alpha value is -2.33. The first-order valence-electron chi connectivity index (χ1n) is 7.77. The van der Waals surface area contributed by atoms with E-state index in [1.165, 1.54) is 0 Å². The second-order valence-corrected chi connectivity index (χ2v) is 5.87. The molecule has 0 radical (unpaired) electrons. The highest BCUT2D eigenvalue weighted by Gasteiger charge is 2.13. The van der Waals surface area contributed by atoms with E-state index in [-0.39, 0.29) is 12.4 Å². The fourth-order valence-electron chi connectivity index (χ4n) is 2.05. The third kappa shape index (κ3) is 4.83. The van der Waals surface area contributed by atoms with Crippen molar-refractivity contribution in [3.05, 3.63) is 58.6 Å². The van der Waals surface area contributed by atoms with Crippen LogP contribution < -0.4 is 4.74 Å². The number of aryl methyl sites for hydroxylation is 1. The van der Waals surface area contributed by atoms with Crippen LogP contribution >= 0.6 is 11.6 Å². The van der Waals surface area contributed by atoms with Crippen LogP contribution in [-0.4, -0.2) is 37.2 Å². The summed E-state index contributed by atoms with van der Waals surface area (Å²) in [7, 11) is 1.93. The van der Waals surface area contributed by atoms with Gasteiger partial charge in [-0.15, -0.1) is 0 Å². The maximum absolute atomic E-state index is 12.4. The molecule has 0 heterocycles. The summed E-state index contributed by atoms with van der Waals surface area (Å²) in [5.74, 6) is 0.554. The van der Waals surface area contributed by atoms with Gasteiger partial charge in [0.1, 0.15) is 5.75 Å². The molecule has 0 unspecified atom stereocenters. The van der Waals surface area contributed by atoms with Crippen molar-refractivity contribution in [1.29, 1.82) is 0 Å². The summed E-state index contributed by atoms with van der Waals surface area (Å²) in [4.78, 5) is 18.7. The molecule has 2 rings (SSSR count). The highest BCUT2D eigenvalue weighted by Crippen LogP contribution is 2.28. The zero-order valence-corrected chi connectivity index (χ0v) is 14.9. The number of nitrogens with zero attached hydrogens (tertiary/aromatic N) is 2. The third-order valence-corrected chi connectivity index (χ3v) is 3.90. The van der Waals surface area contributed by atoms with Crippen LogP contribution in [0.2, 0.25) is 5.02 Å². The summed E-state index contributed by atoms with van der Waals surface area (Å²) in [5, 5.41) is 0.449. The van der Waals surface area contributed by atoms with Crippen LogP contribution in [0.15, 0.2) is 47.5 Å². The van der Waals surface area contributed by atoms with Crippen molar-refractivity contribution in [2.45, 2.75) is 13.8 Å². The van der Waals surface area contributed by atoms with Crippen molar-refractivity contribution >= 4 is 29.4 Å². The Morgan fingerprint density at radius 2 is 2.00 bits per heavy atom. The van der Waals surface area contributed by atoms with Crippen LogP contribution in [0.25, 0.3) is 0 Å². The largest absolute Gasteiger partial charge is 0.485 e. The predicted octanol–water partition coefficient (Wildman–Crippen LogP) is 4.52. The summed E-state index contributed by atoms with van der Waals surface area (Å²) in [6.07, 6.45) is 1.72. The van der Waals surface area contributed by atoms with Crippen LogP contribution in [0.4, 0.5) is 5.69 Å². The molecule has 0 saturated heterocycles. The molecule has 4 nitrogen and oxygen atoms in total. The van der Waals surface area contributed by atoms with Gasteiger partial charge in [-0.25, -0.2) is 4.99 Å². The van der Waals surface area contributed by atoms with Gasteiger partial charge in [-0.05, 0) is 43.7 Å². The Labute approximate surface area is 147 Å². The summed E-state index contributed by atoms with van der Waals surface area (Å²) in [6.45, 7) is 4.73. The molecule has 0 N–H and O–H groups in total. The molecule has 2 aromatic carbocycles. The van der Waals surface area contributed by atoms with E-state index in [9.17, 15) is 4.79 Å². The molecule has 0 fully saturated rings. The average Bonchev–Trinajstić information content (AvgIpc) is 2.60. The topological polar surface area (TPSA) is 41.9 Å². The van der Waals surface area contributed by atoms with Gasteiger partial charge >= 0.3 is 0 Å². The van der Waals surface area contributed by atoms with E-state index in [0.717, 1.165) is 12.1 Å². The number of Topliss-reactive ketones (excluding diaryl/α,β-unsaturated/α-hetero) is 1. The van der Waals surface area contributed by atoms with E-state index in [1.807, 2.05) is 62.2 Å². The van der Waals surface area contributed by atoms with Crippen molar-refractivity contribution in [2.75, 3.05) is 20.2 Å². The van der Waals surface area contributed by atoms with Crippen molar-refractivity contribution < 1.29 is 9.53 Å². The van der Waals surface area contributed by atoms with Gasteiger partial charge in [0.2, 0.25) is 5.78 Å². The standard InChI is InChI=1S/C19H21ClN2O2/c1-4-22(3)13-21-18-10-14(2)16(11-17(18)20)19(23)12-24-15-8-6-5-7-9-15/h5-11,13H,4,12H2,1-3H3. The number of rotatable bonds is 7. The minimum atomic E-state index is -0.112. The van der Waals surface area contributed by atoms with E-state index in [0.29, 0.717) is 22.0 Å². The zero-order chi connectivity index (χ0) is 17.5. The van der Waals surface area contributed by atoms with E-state index >= 15 is 0 Å². The Balaban J connectivity index is 2.11. The fourth-order valence-corrected chi connectivity index (χ4v) is 2.26. The Morgan fingerprint density at radius 1 is 1.29 bits per heavy atom. The van der Waals surface area contributed by atoms with Crippen LogP contribution in [0.5, 0.6) is 5.75 Å². The van der Waals surface area contributed by atoms with E-state index in [1.54, 1.807) is 12.4 Å².